The van der Waals surface area contributed by atoms with E-state index in [1.807, 2.05) is 42.5 Å². The molecule has 6 nitrogen and oxygen atoms in total. The fourth-order valence-electron chi connectivity index (χ4n) is 3.82. The number of carbonyl (C=O) groups excluding carboxylic acids is 2. The lowest BCUT2D eigenvalue weighted by Crippen LogP contribution is -2.37. The van der Waals surface area contributed by atoms with E-state index >= 15 is 0 Å². The van der Waals surface area contributed by atoms with E-state index in [1.165, 1.54) is 23.1 Å². The summed E-state index contributed by atoms with van der Waals surface area (Å²) in [6.07, 6.45) is 1.66. The van der Waals surface area contributed by atoms with Crippen molar-refractivity contribution in [3.05, 3.63) is 118 Å². The fraction of sp³-hybridized carbons (Fsp3) is 0.0741. The van der Waals surface area contributed by atoms with Crippen LogP contribution in [0.5, 0.6) is 0 Å². The first-order chi connectivity index (χ1) is 16.9. The highest BCUT2D eigenvalue weighted by Gasteiger charge is 2.29. The summed E-state index contributed by atoms with van der Waals surface area (Å²) >= 11 is 12.7. The maximum atomic E-state index is 13.9. The number of rotatable bonds is 7. The molecule has 3 N–H and O–H groups in total. The number of hydrogen-bond acceptors (Lipinski definition) is 4. The molecule has 2 amide bonds. The fourth-order valence-corrected chi connectivity index (χ4v) is 4.31. The summed E-state index contributed by atoms with van der Waals surface area (Å²) in [5.41, 5.74) is 8.20. The van der Waals surface area contributed by atoms with Crippen LogP contribution in [0.25, 0.3) is 11.3 Å². The van der Waals surface area contributed by atoms with Crippen molar-refractivity contribution in [1.82, 2.24) is 4.98 Å². The second-order valence-electron chi connectivity index (χ2n) is 7.72. The standard InChI is InChI=1S/C27H21Cl2N3O3/c28-22-12-10-19(15-21(22)24-8-4-5-13-31-24)32(25(16-33)17-6-2-1-3-7-17)27(35)18-9-11-20(26(30)34)23(29)14-18/h1-15,25,33H,16H2,(H2,30,34)/t25-/m0/s1. The average molecular weight is 506 g/mol. The van der Waals surface area contributed by atoms with Crippen LogP contribution >= 0.6 is 23.2 Å². The lowest BCUT2D eigenvalue weighted by Gasteiger charge is -2.32. The highest BCUT2D eigenvalue weighted by Crippen LogP contribution is 2.35. The maximum Gasteiger partial charge on any atom is 0.258 e. The summed E-state index contributed by atoms with van der Waals surface area (Å²) < 4.78 is 0. The molecule has 1 atom stereocenters. The Labute approximate surface area is 212 Å². The summed E-state index contributed by atoms with van der Waals surface area (Å²) in [5, 5.41) is 10.9. The zero-order valence-corrected chi connectivity index (χ0v) is 19.9. The van der Waals surface area contributed by atoms with Gasteiger partial charge < -0.3 is 10.8 Å². The first-order valence-corrected chi connectivity index (χ1v) is 11.5. The van der Waals surface area contributed by atoms with Crippen molar-refractivity contribution in [2.24, 2.45) is 5.73 Å². The van der Waals surface area contributed by atoms with Crippen LogP contribution in [0.3, 0.4) is 0 Å². The van der Waals surface area contributed by atoms with Gasteiger partial charge in [-0.15, -0.1) is 0 Å². The minimum absolute atomic E-state index is 0.0637. The number of halogens is 2. The molecule has 0 spiro atoms. The summed E-state index contributed by atoms with van der Waals surface area (Å²) in [6.45, 7) is -0.343. The number of nitrogens with zero attached hydrogens (tertiary/aromatic N) is 2. The van der Waals surface area contributed by atoms with Crippen molar-refractivity contribution in [2.45, 2.75) is 6.04 Å². The Kier molecular flexibility index (Phi) is 7.46. The van der Waals surface area contributed by atoms with E-state index in [0.29, 0.717) is 22.0 Å². The molecule has 8 heteroatoms. The first-order valence-electron chi connectivity index (χ1n) is 10.7. The van der Waals surface area contributed by atoms with Gasteiger partial charge in [-0.25, -0.2) is 0 Å². The van der Waals surface area contributed by atoms with Gasteiger partial charge in [-0.3, -0.25) is 19.5 Å². The number of benzene rings is 3. The van der Waals surface area contributed by atoms with Crippen LogP contribution in [0.1, 0.15) is 32.3 Å². The van der Waals surface area contributed by atoms with Gasteiger partial charge in [0.1, 0.15) is 0 Å². The molecule has 0 saturated heterocycles. The van der Waals surface area contributed by atoms with Gasteiger partial charge in [0.15, 0.2) is 0 Å². The number of primary amides is 1. The molecule has 0 saturated carbocycles. The van der Waals surface area contributed by atoms with Gasteiger partial charge >= 0.3 is 0 Å². The summed E-state index contributed by atoms with van der Waals surface area (Å²) in [6, 6.07) is 23.4. The smallest absolute Gasteiger partial charge is 0.258 e. The normalized spacial score (nSPS) is 11.6. The predicted octanol–water partition coefficient (Wildman–Crippen LogP) is 5.53. The molecule has 0 aliphatic carbocycles. The van der Waals surface area contributed by atoms with Crippen molar-refractivity contribution >= 4 is 40.7 Å². The Hall–Kier alpha value is -3.71. The Morgan fingerprint density at radius 1 is 0.914 bits per heavy atom. The van der Waals surface area contributed by atoms with Crippen LogP contribution in [-0.2, 0) is 0 Å². The van der Waals surface area contributed by atoms with Crippen LogP contribution in [0.2, 0.25) is 10.0 Å². The number of aliphatic hydroxyl groups is 1. The lowest BCUT2D eigenvalue weighted by atomic mass is 10.0. The third-order valence-electron chi connectivity index (χ3n) is 5.54. The molecular formula is C27H21Cl2N3O3. The van der Waals surface area contributed by atoms with Crippen molar-refractivity contribution in [2.75, 3.05) is 11.5 Å². The number of aromatic nitrogens is 1. The molecule has 0 fully saturated rings. The van der Waals surface area contributed by atoms with Gasteiger partial charge in [0, 0.05) is 23.0 Å². The molecule has 176 valence electrons. The summed E-state index contributed by atoms with van der Waals surface area (Å²) in [5.74, 6) is -1.12. The summed E-state index contributed by atoms with van der Waals surface area (Å²) in [4.78, 5) is 31.3. The van der Waals surface area contributed by atoms with E-state index in [-0.39, 0.29) is 22.8 Å². The van der Waals surface area contributed by atoms with Gasteiger partial charge in [0.2, 0.25) is 5.91 Å². The van der Waals surface area contributed by atoms with E-state index in [0.717, 1.165) is 5.56 Å². The Morgan fingerprint density at radius 2 is 1.66 bits per heavy atom. The van der Waals surface area contributed by atoms with Crippen molar-refractivity contribution in [3.63, 3.8) is 0 Å². The molecule has 0 unspecified atom stereocenters. The zero-order valence-electron chi connectivity index (χ0n) is 18.4. The molecular weight excluding hydrogens is 485 g/mol. The third kappa shape index (κ3) is 5.20. The highest BCUT2D eigenvalue weighted by atomic mass is 35.5. The van der Waals surface area contributed by atoms with Gasteiger partial charge in [-0.05, 0) is 54.1 Å². The third-order valence-corrected chi connectivity index (χ3v) is 6.18. The minimum atomic E-state index is -0.712. The minimum Gasteiger partial charge on any atom is -0.394 e. The molecule has 0 aliphatic rings. The Balaban J connectivity index is 1.87. The molecule has 0 bridgehead atoms. The molecule has 0 radical (unpaired) electrons. The van der Waals surface area contributed by atoms with E-state index < -0.39 is 17.9 Å². The number of pyridine rings is 1. The Bertz CT molecular complexity index is 1360. The average Bonchev–Trinajstić information content (AvgIpc) is 2.88. The molecule has 0 aliphatic heterocycles. The SMILES string of the molecule is NC(=O)c1ccc(C(=O)N(c2ccc(Cl)c(-c3ccccn3)c2)[C@@H](CO)c2ccccc2)cc1Cl. The van der Waals surface area contributed by atoms with E-state index in [1.54, 1.807) is 30.5 Å². The van der Waals surface area contributed by atoms with Crippen LogP contribution in [-0.4, -0.2) is 28.5 Å². The largest absolute Gasteiger partial charge is 0.394 e. The van der Waals surface area contributed by atoms with E-state index in [9.17, 15) is 14.7 Å². The number of anilines is 1. The Morgan fingerprint density at radius 3 is 2.29 bits per heavy atom. The topological polar surface area (TPSA) is 96.5 Å². The van der Waals surface area contributed by atoms with Crippen molar-refractivity contribution in [1.29, 1.82) is 0 Å². The van der Waals surface area contributed by atoms with Gasteiger partial charge in [0.25, 0.3) is 5.91 Å². The van der Waals surface area contributed by atoms with Crippen molar-refractivity contribution < 1.29 is 14.7 Å². The first kappa shape index (κ1) is 24.4. The van der Waals surface area contributed by atoms with Gasteiger partial charge in [0.05, 0.1) is 34.0 Å². The van der Waals surface area contributed by atoms with Crippen LogP contribution in [0.15, 0.2) is 91.1 Å². The van der Waals surface area contributed by atoms with Crippen LogP contribution in [0, 0.1) is 0 Å². The predicted molar refractivity (Wildman–Crippen MR) is 138 cm³/mol. The van der Waals surface area contributed by atoms with Gasteiger partial charge in [-0.1, -0.05) is 59.6 Å². The molecule has 1 aromatic heterocycles. The van der Waals surface area contributed by atoms with E-state index in [4.69, 9.17) is 28.9 Å². The molecule has 4 aromatic rings. The number of aliphatic hydroxyl groups excluding tert-OH is 1. The molecule has 35 heavy (non-hydrogen) atoms. The quantitative estimate of drug-likeness (QED) is 0.344. The highest BCUT2D eigenvalue weighted by molar-refractivity contribution is 6.34. The van der Waals surface area contributed by atoms with Gasteiger partial charge in [-0.2, -0.15) is 0 Å². The zero-order chi connectivity index (χ0) is 24.9. The number of hydrogen-bond donors (Lipinski definition) is 2. The van der Waals surface area contributed by atoms with Crippen molar-refractivity contribution in [3.8, 4) is 11.3 Å². The second kappa shape index (κ2) is 10.7. The number of nitrogens with two attached hydrogens (primary N) is 1. The van der Waals surface area contributed by atoms with Crippen LogP contribution in [0.4, 0.5) is 5.69 Å². The van der Waals surface area contributed by atoms with E-state index in [2.05, 4.69) is 4.98 Å². The monoisotopic (exact) mass is 505 g/mol. The molecule has 1 heterocycles. The van der Waals surface area contributed by atoms with Crippen LogP contribution < -0.4 is 10.6 Å². The lowest BCUT2D eigenvalue weighted by molar-refractivity contribution is 0.0960. The molecule has 3 aromatic carbocycles. The maximum absolute atomic E-state index is 13.9. The second-order valence-corrected chi connectivity index (χ2v) is 8.54. The summed E-state index contributed by atoms with van der Waals surface area (Å²) in [7, 11) is 0. The number of carbonyl (C=O) groups is 2. The number of amides is 2. The molecule has 4 rings (SSSR count).